The van der Waals surface area contributed by atoms with Crippen LogP contribution in [0, 0.1) is 0 Å². The quantitative estimate of drug-likeness (QED) is 0.923. The van der Waals surface area contributed by atoms with Gasteiger partial charge >= 0.3 is 0 Å². The lowest BCUT2D eigenvalue weighted by Gasteiger charge is -2.32. The SMILES string of the molecule is CCC(=O)N1CCC[C@H](c2ccnc3c(C(=O)NC)cnn23)C1. The van der Waals surface area contributed by atoms with E-state index in [-0.39, 0.29) is 17.7 Å². The second-order valence-corrected chi connectivity index (χ2v) is 5.77. The van der Waals surface area contributed by atoms with Crippen LogP contribution >= 0.6 is 0 Å². The molecule has 0 spiro atoms. The fourth-order valence-electron chi connectivity index (χ4n) is 3.18. The van der Waals surface area contributed by atoms with E-state index in [9.17, 15) is 9.59 Å². The van der Waals surface area contributed by atoms with Crippen molar-refractivity contribution < 1.29 is 9.59 Å². The summed E-state index contributed by atoms with van der Waals surface area (Å²) in [5.74, 6) is 0.199. The smallest absolute Gasteiger partial charge is 0.256 e. The largest absolute Gasteiger partial charge is 0.355 e. The minimum absolute atomic E-state index is 0.187. The molecule has 0 radical (unpaired) electrons. The van der Waals surface area contributed by atoms with Gasteiger partial charge in [-0.25, -0.2) is 9.50 Å². The summed E-state index contributed by atoms with van der Waals surface area (Å²) in [7, 11) is 1.59. The Balaban J connectivity index is 1.95. The number of carbonyl (C=O) groups excluding carboxylic acids is 2. The van der Waals surface area contributed by atoms with Gasteiger partial charge < -0.3 is 10.2 Å². The lowest BCUT2D eigenvalue weighted by Crippen LogP contribution is -2.39. The summed E-state index contributed by atoms with van der Waals surface area (Å²) in [5, 5.41) is 6.95. The Hall–Kier alpha value is -2.44. The molecule has 7 heteroatoms. The predicted octanol–water partition coefficient (Wildman–Crippen LogP) is 1.20. The van der Waals surface area contributed by atoms with Crippen LogP contribution in [0.25, 0.3) is 5.65 Å². The second-order valence-electron chi connectivity index (χ2n) is 5.77. The number of nitrogens with zero attached hydrogens (tertiary/aromatic N) is 4. The molecule has 3 heterocycles. The molecule has 1 aliphatic heterocycles. The third-order valence-corrected chi connectivity index (χ3v) is 4.40. The van der Waals surface area contributed by atoms with Crippen molar-refractivity contribution in [2.24, 2.45) is 0 Å². The van der Waals surface area contributed by atoms with E-state index in [4.69, 9.17) is 0 Å². The third kappa shape index (κ3) is 2.78. The van der Waals surface area contributed by atoms with Crippen molar-refractivity contribution in [1.29, 1.82) is 0 Å². The van der Waals surface area contributed by atoms with Crippen molar-refractivity contribution >= 4 is 17.5 Å². The van der Waals surface area contributed by atoms with E-state index in [1.165, 1.54) is 0 Å². The van der Waals surface area contributed by atoms with Crippen LogP contribution in [-0.4, -0.2) is 51.4 Å². The number of amides is 2. The molecule has 1 saturated heterocycles. The van der Waals surface area contributed by atoms with E-state index < -0.39 is 0 Å². The average molecular weight is 315 g/mol. The van der Waals surface area contributed by atoms with Crippen molar-refractivity contribution in [1.82, 2.24) is 24.8 Å². The van der Waals surface area contributed by atoms with Gasteiger partial charge in [-0.1, -0.05) is 6.92 Å². The first kappa shape index (κ1) is 15.5. The van der Waals surface area contributed by atoms with Gasteiger partial charge in [0, 0.05) is 38.7 Å². The number of piperidine rings is 1. The molecule has 2 aromatic heterocycles. The number of hydrogen-bond acceptors (Lipinski definition) is 4. The Morgan fingerprint density at radius 1 is 1.43 bits per heavy atom. The summed E-state index contributed by atoms with van der Waals surface area (Å²) in [6.07, 6.45) is 5.76. The predicted molar refractivity (Wildman–Crippen MR) is 85.2 cm³/mol. The fraction of sp³-hybridized carbons (Fsp3) is 0.500. The summed E-state index contributed by atoms with van der Waals surface area (Å²) >= 11 is 0. The summed E-state index contributed by atoms with van der Waals surface area (Å²) in [6.45, 7) is 3.40. The maximum atomic E-state index is 12.0. The Morgan fingerprint density at radius 2 is 2.26 bits per heavy atom. The van der Waals surface area contributed by atoms with E-state index in [2.05, 4.69) is 15.4 Å². The minimum Gasteiger partial charge on any atom is -0.355 e. The van der Waals surface area contributed by atoms with Gasteiger partial charge in [-0.2, -0.15) is 5.10 Å². The van der Waals surface area contributed by atoms with E-state index in [1.807, 2.05) is 17.9 Å². The summed E-state index contributed by atoms with van der Waals surface area (Å²) in [6, 6.07) is 1.93. The molecule has 0 aliphatic carbocycles. The van der Waals surface area contributed by atoms with Gasteiger partial charge in [-0.15, -0.1) is 0 Å². The van der Waals surface area contributed by atoms with Crippen LogP contribution in [0.4, 0.5) is 0 Å². The van der Waals surface area contributed by atoms with Crippen molar-refractivity contribution in [2.45, 2.75) is 32.1 Å². The molecule has 1 N–H and O–H groups in total. The monoisotopic (exact) mass is 315 g/mol. The Labute approximate surface area is 134 Å². The van der Waals surface area contributed by atoms with Crippen molar-refractivity contribution in [3.63, 3.8) is 0 Å². The second kappa shape index (κ2) is 6.36. The van der Waals surface area contributed by atoms with Crippen molar-refractivity contribution in [2.75, 3.05) is 20.1 Å². The van der Waals surface area contributed by atoms with Crippen LogP contribution in [-0.2, 0) is 4.79 Å². The Bertz CT molecular complexity index is 739. The summed E-state index contributed by atoms with van der Waals surface area (Å²) < 4.78 is 1.73. The molecule has 1 fully saturated rings. The van der Waals surface area contributed by atoms with Crippen molar-refractivity contribution in [3.05, 3.63) is 29.7 Å². The van der Waals surface area contributed by atoms with Crippen LogP contribution in [0.15, 0.2) is 18.5 Å². The zero-order valence-corrected chi connectivity index (χ0v) is 13.5. The topological polar surface area (TPSA) is 79.6 Å². The van der Waals surface area contributed by atoms with Gasteiger partial charge in [-0.3, -0.25) is 9.59 Å². The zero-order chi connectivity index (χ0) is 16.4. The molecule has 7 nitrogen and oxygen atoms in total. The number of carbonyl (C=O) groups is 2. The lowest BCUT2D eigenvalue weighted by atomic mass is 9.94. The molecule has 122 valence electrons. The maximum absolute atomic E-state index is 12.0. The first-order valence-corrected chi connectivity index (χ1v) is 7.98. The lowest BCUT2D eigenvalue weighted by molar-refractivity contribution is -0.132. The standard InChI is InChI=1S/C16H21N5O2/c1-3-14(22)20-8-4-5-11(10-20)13-6-7-18-15-12(16(23)17-2)9-19-21(13)15/h6-7,9,11H,3-5,8,10H2,1-2H3,(H,17,23)/t11-/m0/s1. The zero-order valence-electron chi connectivity index (χ0n) is 13.5. The van der Waals surface area contributed by atoms with Crippen LogP contribution in [0.3, 0.4) is 0 Å². The molecule has 1 atom stereocenters. The highest BCUT2D eigenvalue weighted by molar-refractivity contribution is 5.99. The molecule has 0 unspecified atom stereocenters. The molecular formula is C16H21N5O2. The normalized spacial score (nSPS) is 18.2. The third-order valence-electron chi connectivity index (χ3n) is 4.40. The van der Waals surface area contributed by atoms with E-state index in [0.717, 1.165) is 25.1 Å². The first-order valence-electron chi connectivity index (χ1n) is 7.98. The molecule has 0 bridgehead atoms. The van der Waals surface area contributed by atoms with Gasteiger partial charge in [0.05, 0.1) is 11.9 Å². The molecule has 0 saturated carbocycles. The highest BCUT2D eigenvalue weighted by Crippen LogP contribution is 2.27. The molecule has 2 amide bonds. The Morgan fingerprint density at radius 3 is 3.00 bits per heavy atom. The number of fused-ring (bicyclic) bond motifs is 1. The summed E-state index contributed by atoms with van der Waals surface area (Å²) in [4.78, 5) is 30.1. The average Bonchev–Trinajstić information content (AvgIpc) is 3.04. The first-order chi connectivity index (χ1) is 11.2. The number of rotatable bonds is 3. The van der Waals surface area contributed by atoms with Gasteiger partial charge in [0.25, 0.3) is 5.91 Å². The van der Waals surface area contributed by atoms with Crippen LogP contribution < -0.4 is 5.32 Å². The number of aromatic nitrogens is 3. The number of likely N-dealkylation sites (tertiary alicyclic amines) is 1. The molecule has 3 rings (SSSR count). The Kier molecular flexibility index (Phi) is 4.27. The van der Waals surface area contributed by atoms with Crippen LogP contribution in [0.1, 0.15) is 48.2 Å². The molecule has 1 aliphatic rings. The number of hydrogen-bond donors (Lipinski definition) is 1. The van der Waals surface area contributed by atoms with Crippen molar-refractivity contribution in [3.8, 4) is 0 Å². The minimum atomic E-state index is -0.198. The highest BCUT2D eigenvalue weighted by Gasteiger charge is 2.26. The maximum Gasteiger partial charge on any atom is 0.256 e. The number of nitrogens with one attached hydrogen (secondary N) is 1. The van der Waals surface area contributed by atoms with Crippen LogP contribution in [0.5, 0.6) is 0 Å². The molecule has 2 aromatic rings. The molecular weight excluding hydrogens is 294 g/mol. The molecule has 0 aromatic carbocycles. The van der Waals surface area contributed by atoms with Gasteiger partial charge in [0.2, 0.25) is 5.91 Å². The van der Waals surface area contributed by atoms with E-state index in [1.54, 1.807) is 24.0 Å². The highest BCUT2D eigenvalue weighted by atomic mass is 16.2. The van der Waals surface area contributed by atoms with E-state index >= 15 is 0 Å². The van der Waals surface area contributed by atoms with Gasteiger partial charge in [-0.05, 0) is 18.9 Å². The van der Waals surface area contributed by atoms with Crippen LogP contribution in [0.2, 0.25) is 0 Å². The molecule has 23 heavy (non-hydrogen) atoms. The summed E-state index contributed by atoms with van der Waals surface area (Å²) in [5.41, 5.74) is 2.02. The fourth-order valence-corrected chi connectivity index (χ4v) is 3.18. The van der Waals surface area contributed by atoms with E-state index in [0.29, 0.717) is 24.2 Å². The van der Waals surface area contributed by atoms with Gasteiger partial charge in [0.1, 0.15) is 5.56 Å². The van der Waals surface area contributed by atoms with Gasteiger partial charge in [0.15, 0.2) is 5.65 Å².